The molecule has 14 heavy (non-hydrogen) atoms. The van der Waals surface area contributed by atoms with Gasteiger partial charge in [-0.3, -0.25) is 4.79 Å². The summed E-state index contributed by atoms with van der Waals surface area (Å²) in [6, 6.07) is 2.88. The largest absolute Gasteiger partial charge is 0.506 e. The Morgan fingerprint density at radius 2 is 2.00 bits per heavy atom. The molecule has 1 aromatic rings. The zero-order valence-electron chi connectivity index (χ0n) is 7.26. The van der Waals surface area contributed by atoms with Crippen molar-refractivity contribution in [2.24, 2.45) is 5.92 Å². The highest BCUT2D eigenvalue weighted by Crippen LogP contribution is 2.38. The van der Waals surface area contributed by atoms with E-state index in [0.717, 1.165) is 12.8 Å². The second-order valence-electron chi connectivity index (χ2n) is 3.42. The summed E-state index contributed by atoms with van der Waals surface area (Å²) in [6.45, 7) is 0. The Hall–Kier alpha value is -0.730. The van der Waals surface area contributed by atoms with E-state index in [4.69, 9.17) is 23.2 Å². The summed E-state index contributed by atoms with van der Waals surface area (Å²) < 4.78 is 0. The van der Waals surface area contributed by atoms with Crippen LogP contribution in [0.25, 0.3) is 0 Å². The van der Waals surface area contributed by atoms with Gasteiger partial charge in [0.05, 0.1) is 10.6 Å². The van der Waals surface area contributed by atoms with Gasteiger partial charge in [0.25, 0.3) is 0 Å². The molecule has 1 aliphatic carbocycles. The van der Waals surface area contributed by atoms with E-state index in [1.165, 1.54) is 12.1 Å². The molecule has 1 fully saturated rings. The van der Waals surface area contributed by atoms with E-state index in [1.54, 1.807) is 0 Å². The maximum absolute atomic E-state index is 11.7. The minimum atomic E-state index is -0.159. The molecule has 74 valence electrons. The minimum absolute atomic E-state index is 0.0513. The average Bonchev–Trinajstić information content (AvgIpc) is 2.93. The van der Waals surface area contributed by atoms with Crippen LogP contribution < -0.4 is 0 Å². The van der Waals surface area contributed by atoms with Crippen molar-refractivity contribution in [3.05, 3.63) is 27.7 Å². The molecule has 0 spiro atoms. The highest BCUT2D eigenvalue weighted by molar-refractivity contribution is 6.36. The third kappa shape index (κ3) is 1.72. The second-order valence-corrected chi connectivity index (χ2v) is 4.27. The van der Waals surface area contributed by atoms with Gasteiger partial charge in [-0.2, -0.15) is 0 Å². The van der Waals surface area contributed by atoms with E-state index in [0.29, 0.717) is 5.02 Å². The van der Waals surface area contributed by atoms with Crippen molar-refractivity contribution >= 4 is 29.0 Å². The first kappa shape index (κ1) is 9.81. The van der Waals surface area contributed by atoms with Gasteiger partial charge in [0.2, 0.25) is 0 Å². The highest BCUT2D eigenvalue weighted by atomic mass is 35.5. The lowest BCUT2D eigenvalue weighted by atomic mass is 10.1. The molecule has 0 heterocycles. The summed E-state index contributed by atoms with van der Waals surface area (Å²) in [4.78, 5) is 11.7. The number of ketones is 1. The second kappa shape index (κ2) is 3.44. The van der Waals surface area contributed by atoms with Crippen molar-refractivity contribution in [3.8, 4) is 5.75 Å². The van der Waals surface area contributed by atoms with E-state index in [-0.39, 0.29) is 28.0 Å². The van der Waals surface area contributed by atoms with Crippen LogP contribution in [0.4, 0.5) is 0 Å². The molecule has 0 amide bonds. The Labute approximate surface area is 91.4 Å². The van der Waals surface area contributed by atoms with Gasteiger partial charge < -0.3 is 5.11 Å². The third-order valence-corrected chi connectivity index (χ3v) is 2.75. The number of rotatable bonds is 2. The molecule has 0 unspecified atom stereocenters. The fourth-order valence-electron chi connectivity index (χ4n) is 1.32. The van der Waals surface area contributed by atoms with Crippen LogP contribution in [0.3, 0.4) is 0 Å². The Balaban J connectivity index is 2.45. The number of phenolic OH excluding ortho intramolecular Hbond substituents is 1. The summed E-state index contributed by atoms with van der Waals surface area (Å²) in [5.41, 5.74) is 0.241. The van der Waals surface area contributed by atoms with Gasteiger partial charge in [-0.1, -0.05) is 23.2 Å². The molecule has 0 atom stereocenters. The van der Waals surface area contributed by atoms with Crippen LogP contribution >= 0.6 is 23.2 Å². The third-order valence-electron chi connectivity index (χ3n) is 2.24. The van der Waals surface area contributed by atoms with Gasteiger partial charge in [-0.05, 0) is 25.0 Å². The summed E-state index contributed by atoms with van der Waals surface area (Å²) in [6.07, 6.45) is 1.78. The molecular weight excluding hydrogens is 223 g/mol. The van der Waals surface area contributed by atoms with Gasteiger partial charge in [-0.15, -0.1) is 0 Å². The molecular formula is C10H8Cl2O2. The summed E-state index contributed by atoms with van der Waals surface area (Å²) >= 11 is 11.4. The van der Waals surface area contributed by atoms with Gasteiger partial charge >= 0.3 is 0 Å². The van der Waals surface area contributed by atoms with Gasteiger partial charge in [0.15, 0.2) is 5.78 Å². The molecule has 4 heteroatoms. The molecule has 0 radical (unpaired) electrons. The van der Waals surface area contributed by atoms with E-state index < -0.39 is 0 Å². The van der Waals surface area contributed by atoms with Gasteiger partial charge in [-0.25, -0.2) is 0 Å². The smallest absolute Gasteiger partial charge is 0.169 e. The fraction of sp³-hybridized carbons (Fsp3) is 0.300. The van der Waals surface area contributed by atoms with Gasteiger partial charge in [0.1, 0.15) is 5.75 Å². The van der Waals surface area contributed by atoms with Gasteiger partial charge in [0, 0.05) is 10.9 Å². The van der Waals surface area contributed by atoms with E-state index >= 15 is 0 Å². The molecule has 0 saturated heterocycles. The molecule has 2 nitrogen and oxygen atoms in total. The van der Waals surface area contributed by atoms with E-state index in [1.807, 2.05) is 0 Å². The maximum Gasteiger partial charge on any atom is 0.169 e. The molecule has 0 aliphatic heterocycles. The van der Waals surface area contributed by atoms with Crippen LogP contribution in [0.1, 0.15) is 23.2 Å². The molecule has 1 aliphatic rings. The number of hydrogen-bond donors (Lipinski definition) is 1. The quantitative estimate of drug-likeness (QED) is 0.793. The monoisotopic (exact) mass is 230 g/mol. The zero-order chi connectivity index (χ0) is 10.3. The lowest BCUT2D eigenvalue weighted by molar-refractivity contribution is 0.0965. The number of carbonyl (C=O) groups is 1. The van der Waals surface area contributed by atoms with Crippen LogP contribution in [-0.2, 0) is 0 Å². The molecule has 0 bridgehead atoms. The Morgan fingerprint density at radius 1 is 1.36 bits per heavy atom. The van der Waals surface area contributed by atoms with Crippen molar-refractivity contribution in [1.29, 1.82) is 0 Å². The molecule has 0 aromatic heterocycles. The van der Waals surface area contributed by atoms with Crippen LogP contribution in [0.15, 0.2) is 12.1 Å². The number of hydrogen-bond acceptors (Lipinski definition) is 2. The first-order valence-corrected chi connectivity index (χ1v) is 5.07. The predicted molar refractivity (Wildman–Crippen MR) is 55.2 cm³/mol. The molecule has 1 saturated carbocycles. The Kier molecular flexibility index (Phi) is 2.41. The fourth-order valence-corrected chi connectivity index (χ4v) is 1.81. The van der Waals surface area contributed by atoms with Crippen LogP contribution in [-0.4, -0.2) is 10.9 Å². The minimum Gasteiger partial charge on any atom is -0.506 e. The lowest BCUT2D eigenvalue weighted by Crippen LogP contribution is -2.01. The molecule has 1 N–H and O–H groups in total. The van der Waals surface area contributed by atoms with Crippen LogP contribution in [0, 0.1) is 5.92 Å². The molecule has 1 aromatic carbocycles. The number of benzene rings is 1. The van der Waals surface area contributed by atoms with Crippen molar-refractivity contribution in [3.63, 3.8) is 0 Å². The zero-order valence-corrected chi connectivity index (χ0v) is 8.77. The summed E-state index contributed by atoms with van der Waals surface area (Å²) in [7, 11) is 0. The van der Waals surface area contributed by atoms with Crippen molar-refractivity contribution in [1.82, 2.24) is 0 Å². The molecule has 2 rings (SSSR count). The van der Waals surface area contributed by atoms with Crippen molar-refractivity contribution in [2.75, 3.05) is 0 Å². The van der Waals surface area contributed by atoms with E-state index in [9.17, 15) is 9.90 Å². The first-order valence-electron chi connectivity index (χ1n) is 4.32. The SMILES string of the molecule is O=C(c1cc(Cl)cc(Cl)c1O)C1CC1. The van der Waals surface area contributed by atoms with Crippen LogP contribution in [0.5, 0.6) is 5.75 Å². The Morgan fingerprint density at radius 3 is 2.57 bits per heavy atom. The normalized spacial score (nSPS) is 15.6. The van der Waals surface area contributed by atoms with E-state index in [2.05, 4.69) is 0 Å². The highest BCUT2D eigenvalue weighted by Gasteiger charge is 2.32. The predicted octanol–water partition coefficient (Wildman–Crippen LogP) is 3.29. The average molecular weight is 231 g/mol. The first-order chi connectivity index (χ1) is 6.59. The maximum atomic E-state index is 11.7. The number of aromatic hydroxyl groups is 1. The van der Waals surface area contributed by atoms with Crippen molar-refractivity contribution in [2.45, 2.75) is 12.8 Å². The lowest BCUT2D eigenvalue weighted by Gasteiger charge is -2.05. The Bertz CT molecular complexity index is 397. The van der Waals surface area contributed by atoms with Crippen molar-refractivity contribution < 1.29 is 9.90 Å². The van der Waals surface area contributed by atoms with Crippen LogP contribution in [0.2, 0.25) is 10.0 Å². The number of carbonyl (C=O) groups excluding carboxylic acids is 1. The summed E-state index contributed by atoms with van der Waals surface area (Å²) in [5, 5.41) is 10.1. The number of phenols is 1. The summed E-state index contributed by atoms with van der Waals surface area (Å²) in [5.74, 6) is -0.171. The standard InChI is InChI=1S/C10H8Cl2O2/c11-6-3-7(9(13)5-1-2-5)10(14)8(12)4-6/h3-5,14H,1-2H2. The number of Topliss-reactive ketones (excluding diaryl/α,β-unsaturated/α-hetero) is 1. The number of halogens is 2. The topological polar surface area (TPSA) is 37.3 Å².